The molecule has 0 saturated carbocycles. The van der Waals surface area contributed by atoms with Gasteiger partial charge in [-0.05, 0) is 31.0 Å². The van der Waals surface area contributed by atoms with E-state index in [1.165, 1.54) is 38.3 Å². The maximum absolute atomic E-state index is 12.1. The Morgan fingerprint density at radius 1 is 1.36 bits per heavy atom. The van der Waals surface area contributed by atoms with E-state index >= 15 is 0 Å². The average molecular weight is 339 g/mol. The summed E-state index contributed by atoms with van der Waals surface area (Å²) in [5.74, 6) is -0.748. The SMILES string of the molecule is CCCCS(=O)(=O)NC(C)(C(=O)OC)c1ccc(O)cc1.[H-].[Na+]. The van der Waals surface area contributed by atoms with Crippen molar-refractivity contribution >= 4 is 16.0 Å². The van der Waals surface area contributed by atoms with Crippen molar-refractivity contribution < 1.29 is 54.0 Å². The first-order valence-electron chi connectivity index (χ1n) is 6.64. The van der Waals surface area contributed by atoms with Crippen molar-refractivity contribution in [1.29, 1.82) is 0 Å². The Labute approximate surface area is 155 Å². The molecule has 0 saturated heterocycles. The zero-order valence-corrected chi connectivity index (χ0v) is 16.2. The number of carbonyl (C=O) groups excluding carboxylic acids is 1. The molecule has 1 atom stereocenters. The van der Waals surface area contributed by atoms with Gasteiger partial charge in [-0.25, -0.2) is 13.2 Å². The second-order valence-electron chi connectivity index (χ2n) is 4.94. The van der Waals surface area contributed by atoms with Gasteiger partial charge in [0.15, 0.2) is 5.54 Å². The van der Waals surface area contributed by atoms with Crippen molar-refractivity contribution in [1.82, 2.24) is 4.72 Å². The molecule has 1 aromatic rings. The minimum Gasteiger partial charge on any atom is -1.00 e. The molecule has 0 bridgehead atoms. The molecular weight excluding hydrogens is 317 g/mol. The van der Waals surface area contributed by atoms with Crippen LogP contribution in [0.5, 0.6) is 5.75 Å². The van der Waals surface area contributed by atoms with E-state index in [0.29, 0.717) is 12.0 Å². The van der Waals surface area contributed by atoms with Crippen LogP contribution in [0.15, 0.2) is 24.3 Å². The number of methoxy groups -OCH3 is 1. The topological polar surface area (TPSA) is 92.7 Å². The van der Waals surface area contributed by atoms with Gasteiger partial charge in [0, 0.05) is 0 Å². The van der Waals surface area contributed by atoms with Gasteiger partial charge in [0.05, 0.1) is 12.9 Å². The fraction of sp³-hybridized carbons (Fsp3) is 0.500. The number of nitrogens with one attached hydrogen (secondary N) is 1. The minimum atomic E-state index is -3.63. The molecule has 0 aromatic heterocycles. The Morgan fingerprint density at radius 2 is 1.91 bits per heavy atom. The van der Waals surface area contributed by atoms with Gasteiger partial charge in [0.2, 0.25) is 10.0 Å². The quantitative estimate of drug-likeness (QED) is 0.472. The van der Waals surface area contributed by atoms with Gasteiger partial charge in [-0.2, -0.15) is 4.72 Å². The Morgan fingerprint density at radius 3 is 2.36 bits per heavy atom. The summed E-state index contributed by atoms with van der Waals surface area (Å²) in [7, 11) is -2.43. The number of hydrogen-bond acceptors (Lipinski definition) is 5. The summed E-state index contributed by atoms with van der Waals surface area (Å²) in [6.45, 7) is 3.32. The van der Waals surface area contributed by atoms with Crippen LogP contribution in [0.3, 0.4) is 0 Å². The number of rotatable bonds is 7. The number of phenolic OH excluding ortho intramolecular Hbond substituents is 1. The zero-order chi connectivity index (χ0) is 16.1. The van der Waals surface area contributed by atoms with Crippen LogP contribution in [0.25, 0.3) is 0 Å². The van der Waals surface area contributed by atoms with Crippen LogP contribution in [-0.4, -0.2) is 32.4 Å². The number of unbranched alkanes of at least 4 members (excludes halogenated alkanes) is 1. The monoisotopic (exact) mass is 339 g/mol. The molecule has 8 heteroatoms. The molecule has 0 aliphatic heterocycles. The molecule has 0 radical (unpaired) electrons. The van der Waals surface area contributed by atoms with Gasteiger partial charge in [0.25, 0.3) is 0 Å². The smallest absolute Gasteiger partial charge is 1.00 e. The second kappa shape index (κ2) is 8.88. The maximum atomic E-state index is 12.1. The third-order valence-electron chi connectivity index (χ3n) is 3.16. The Balaban J connectivity index is 0. The van der Waals surface area contributed by atoms with Crippen LogP contribution in [0.1, 0.15) is 33.7 Å². The van der Waals surface area contributed by atoms with E-state index in [0.717, 1.165) is 6.42 Å². The van der Waals surface area contributed by atoms with Crippen molar-refractivity contribution in [3.63, 3.8) is 0 Å². The number of sulfonamides is 1. The van der Waals surface area contributed by atoms with Gasteiger partial charge in [-0.3, -0.25) is 0 Å². The van der Waals surface area contributed by atoms with Crippen LogP contribution in [0.4, 0.5) is 0 Å². The predicted molar refractivity (Wildman–Crippen MR) is 80.4 cm³/mol. The average Bonchev–Trinajstić information content (AvgIpc) is 2.44. The molecule has 0 aliphatic carbocycles. The molecule has 1 unspecified atom stereocenters. The summed E-state index contributed by atoms with van der Waals surface area (Å²) >= 11 is 0. The van der Waals surface area contributed by atoms with Gasteiger partial charge in [-0.1, -0.05) is 25.5 Å². The van der Waals surface area contributed by atoms with Crippen LogP contribution in [-0.2, 0) is 25.1 Å². The van der Waals surface area contributed by atoms with Crippen LogP contribution in [0.2, 0.25) is 0 Å². The first-order valence-corrected chi connectivity index (χ1v) is 8.30. The summed E-state index contributed by atoms with van der Waals surface area (Å²) < 4.78 is 31.3. The number of esters is 1. The fourth-order valence-corrected chi connectivity index (χ4v) is 3.51. The Hall–Kier alpha value is -0.600. The van der Waals surface area contributed by atoms with Crippen molar-refractivity contribution in [2.24, 2.45) is 0 Å². The molecule has 0 spiro atoms. The number of carbonyl (C=O) groups is 1. The van der Waals surface area contributed by atoms with Crippen LogP contribution >= 0.6 is 0 Å². The van der Waals surface area contributed by atoms with Crippen molar-refractivity contribution in [2.45, 2.75) is 32.2 Å². The standard InChI is InChI=1S/C14H21NO5S.Na.H/c1-4-5-10-21(18,19)15-14(2,13(17)20-3)11-6-8-12(16)9-7-11;;/h6-9,15-16H,4-5,10H2,1-3H3;;/q;+1;-1. The minimum absolute atomic E-state index is 0. The molecule has 1 rings (SSSR count). The number of hydrogen-bond donors (Lipinski definition) is 2. The van der Waals surface area contributed by atoms with Gasteiger partial charge in [-0.15, -0.1) is 0 Å². The second-order valence-corrected chi connectivity index (χ2v) is 6.78. The summed E-state index contributed by atoms with van der Waals surface area (Å²) in [6.07, 6.45) is 1.23. The van der Waals surface area contributed by atoms with Gasteiger partial charge in [0.1, 0.15) is 5.75 Å². The van der Waals surface area contributed by atoms with Crippen molar-refractivity contribution in [3.8, 4) is 5.75 Å². The molecule has 120 valence electrons. The third kappa shape index (κ3) is 5.55. The molecule has 1 aromatic carbocycles. The number of ether oxygens (including phenoxy) is 1. The van der Waals surface area contributed by atoms with E-state index in [1.54, 1.807) is 0 Å². The van der Waals surface area contributed by atoms with E-state index < -0.39 is 21.5 Å². The van der Waals surface area contributed by atoms with Crippen LogP contribution < -0.4 is 34.3 Å². The van der Waals surface area contributed by atoms with Gasteiger partial charge < -0.3 is 11.3 Å². The maximum Gasteiger partial charge on any atom is 1.00 e. The van der Waals surface area contributed by atoms with E-state index in [1.807, 2.05) is 6.92 Å². The third-order valence-corrected chi connectivity index (χ3v) is 4.71. The summed E-state index contributed by atoms with van der Waals surface area (Å²) in [5.41, 5.74) is -1.14. The molecule has 0 heterocycles. The number of benzene rings is 1. The van der Waals surface area contributed by atoms with Gasteiger partial charge >= 0.3 is 35.5 Å². The zero-order valence-electron chi connectivity index (χ0n) is 14.4. The first kappa shape index (κ1) is 21.4. The predicted octanol–water partition coefficient (Wildman–Crippen LogP) is -1.38. The van der Waals surface area contributed by atoms with Crippen molar-refractivity contribution in [3.05, 3.63) is 29.8 Å². The molecule has 6 nitrogen and oxygen atoms in total. The van der Waals surface area contributed by atoms with E-state index in [-0.39, 0.29) is 42.5 Å². The molecule has 2 N–H and O–H groups in total. The summed E-state index contributed by atoms with van der Waals surface area (Å²) in [4.78, 5) is 12.1. The van der Waals surface area contributed by atoms with E-state index in [4.69, 9.17) is 4.74 Å². The van der Waals surface area contributed by atoms with Crippen LogP contribution in [0, 0.1) is 0 Å². The fourth-order valence-electron chi connectivity index (χ4n) is 1.91. The molecule has 0 amide bonds. The summed E-state index contributed by atoms with van der Waals surface area (Å²) in [6, 6.07) is 5.73. The van der Waals surface area contributed by atoms with E-state index in [9.17, 15) is 18.3 Å². The van der Waals surface area contributed by atoms with Crippen molar-refractivity contribution in [2.75, 3.05) is 12.9 Å². The number of aromatic hydroxyl groups is 1. The largest absolute Gasteiger partial charge is 1.00 e. The summed E-state index contributed by atoms with van der Waals surface area (Å²) in [5, 5.41) is 9.31. The normalized spacial score (nSPS) is 13.8. The Bertz CT molecular complexity index is 594. The van der Waals surface area contributed by atoms with E-state index in [2.05, 4.69) is 4.72 Å². The Kier molecular flexibility index (Phi) is 8.64. The molecule has 0 aliphatic rings. The molecule has 22 heavy (non-hydrogen) atoms. The molecule has 0 fully saturated rings. The molecular formula is C14H22NNaO5S. The first-order chi connectivity index (χ1) is 9.75. The number of phenols is 1.